The molecule has 1 heterocycles. The number of ether oxygens (including phenoxy) is 1. The highest BCUT2D eigenvalue weighted by Crippen LogP contribution is 2.29. The Morgan fingerprint density at radius 1 is 1.43 bits per heavy atom. The van der Waals surface area contributed by atoms with Crippen LogP contribution in [0.4, 0.5) is 5.69 Å². The van der Waals surface area contributed by atoms with Crippen molar-refractivity contribution in [1.29, 1.82) is 0 Å². The zero-order valence-corrected chi connectivity index (χ0v) is 13.0. The number of nitrogens with zero attached hydrogens (tertiary/aromatic N) is 1. The first-order valence-corrected chi connectivity index (χ1v) is 7.87. The van der Waals surface area contributed by atoms with Gasteiger partial charge < -0.3 is 10.1 Å². The maximum Gasteiger partial charge on any atom is 0.279 e. The Morgan fingerprint density at radius 3 is 2.86 bits per heavy atom. The highest BCUT2D eigenvalue weighted by molar-refractivity contribution is 7.92. The van der Waals surface area contributed by atoms with Gasteiger partial charge in [-0.15, -0.1) is 0 Å². The average Bonchev–Trinajstić information content (AvgIpc) is 2.91. The summed E-state index contributed by atoms with van der Waals surface area (Å²) in [6.45, 7) is 0.374. The van der Waals surface area contributed by atoms with E-state index in [9.17, 15) is 8.42 Å². The number of benzene rings is 1. The van der Waals surface area contributed by atoms with Crippen LogP contribution in [0.25, 0.3) is 0 Å². The molecular formula is C12H15ClN4O3S. The first-order valence-electron chi connectivity index (χ1n) is 6.01. The predicted molar refractivity (Wildman–Crippen MR) is 80.2 cm³/mol. The molecule has 114 valence electrons. The van der Waals surface area contributed by atoms with Gasteiger partial charge in [0.15, 0.2) is 5.03 Å². The molecule has 0 saturated heterocycles. The van der Waals surface area contributed by atoms with Crippen LogP contribution >= 0.6 is 11.6 Å². The van der Waals surface area contributed by atoms with E-state index in [0.717, 1.165) is 0 Å². The molecule has 2 aromatic rings. The number of hydrogen-bond acceptors (Lipinski definition) is 5. The van der Waals surface area contributed by atoms with Crippen LogP contribution in [0, 0.1) is 0 Å². The standard InChI is InChI=1S/C12H15ClN4O3S/c1-14-6-8-7-15-16-12(8)21(18,19)17-11-5-9(20-2)3-4-10(11)13/h3-5,7,14,17H,6H2,1-2H3,(H,15,16). The lowest BCUT2D eigenvalue weighted by Gasteiger charge is -2.11. The normalized spacial score (nSPS) is 11.4. The largest absolute Gasteiger partial charge is 0.497 e. The van der Waals surface area contributed by atoms with Crippen LogP contribution in [0.5, 0.6) is 5.75 Å². The van der Waals surface area contributed by atoms with Gasteiger partial charge in [0, 0.05) is 18.2 Å². The van der Waals surface area contributed by atoms with E-state index >= 15 is 0 Å². The smallest absolute Gasteiger partial charge is 0.279 e. The molecule has 0 spiro atoms. The van der Waals surface area contributed by atoms with Gasteiger partial charge in [-0.2, -0.15) is 13.5 Å². The van der Waals surface area contributed by atoms with Gasteiger partial charge in [-0.1, -0.05) is 11.6 Å². The first kappa shape index (κ1) is 15.6. The van der Waals surface area contributed by atoms with Crippen molar-refractivity contribution in [3.63, 3.8) is 0 Å². The third-order valence-electron chi connectivity index (χ3n) is 2.73. The molecule has 0 saturated carbocycles. The van der Waals surface area contributed by atoms with E-state index in [4.69, 9.17) is 16.3 Å². The minimum Gasteiger partial charge on any atom is -0.497 e. The van der Waals surface area contributed by atoms with Gasteiger partial charge in [0.25, 0.3) is 10.0 Å². The molecule has 7 nitrogen and oxygen atoms in total. The molecule has 3 N–H and O–H groups in total. The second kappa shape index (κ2) is 6.33. The fourth-order valence-electron chi connectivity index (χ4n) is 1.75. The molecule has 0 radical (unpaired) electrons. The van der Waals surface area contributed by atoms with E-state index in [0.29, 0.717) is 17.9 Å². The van der Waals surface area contributed by atoms with E-state index in [-0.39, 0.29) is 15.7 Å². The van der Waals surface area contributed by atoms with E-state index in [2.05, 4.69) is 20.2 Å². The van der Waals surface area contributed by atoms with Crippen LogP contribution in [0.3, 0.4) is 0 Å². The number of H-pyrrole nitrogens is 1. The summed E-state index contributed by atoms with van der Waals surface area (Å²) < 4.78 is 32.3. The van der Waals surface area contributed by atoms with Crippen molar-refractivity contribution in [2.24, 2.45) is 0 Å². The Hall–Kier alpha value is -1.77. The van der Waals surface area contributed by atoms with Crippen molar-refractivity contribution >= 4 is 27.3 Å². The molecule has 0 atom stereocenters. The molecule has 0 bridgehead atoms. The van der Waals surface area contributed by atoms with Crippen LogP contribution in [-0.4, -0.2) is 32.8 Å². The second-order valence-corrected chi connectivity index (χ2v) is 6.23. The molecule has 21 heavy (non-hydrogen) atoms. The van der Waals surface area contributed by atoms with E-state index in [1.54, 1.807) is 19.2 Å². The maximum absolute atomic E-state index is 12.4. The van der Waals surface area contributed by atoms with Gasteiger partial charge >= 0.3 is 0 Å². The van der Waals surface area contributed by atoms with Crippen molar-refractivity contribution < 1.29 is 13.2 Å². The fraction of sp³-hybridized carbons (Fsp3) is 0.250. The van der Waals surface area contributed by atoms with Gasteiger partial charge in [0.2, 0.25) is 0 Å². The SMILES string of the molecule is CNCc1cn[nH]c1S(=O)(=O)Nc1cc(OC)ccc1Cl. The Balaban J connectivity index is 2.35. The molecular weight excluding hydrogens is 316 g/mol. The molecule has 0 fully saturated rings. The van der Waals surface area contributed by atoms with Gasteiger partial charge in [-0.3, -0.25) is 9.82 Å². The van der Waals surface area contributed by atoms with Crippen LogP contribution < -0.4 is 14.8 Å². The lowest BCUT2D eigenvalue weighted by Crippen LogP contribution is -2.17. The van der Waals surface area contributed by atoms with Crippen LogP contribution in [0.15, 0.2) is 29.4 Å². The fourth-order valence-corrected chi connectivity index (χ4v) is 3.18. The second-order valence-electron chi connectivity index (χ2n) is 4.21. The molecule has 1 aromatic heterocycles. The quantitative estimate of drug-likeness (QED) is 0.747. The summed E-state index contributed by atoms with van der Waals surface area (Å²) in [6.07, 6.45) is 1.46. The highest BCUT2D eigenvalue weighted by atomic mass is 35.5. The van der Waals surface area contributed by atoms with Crippen LogP contribution in [0.1, 0.15) is 5.56 Å². The third kappa shape index (κ3) is 3.46. The summed E-state index contributed by atoms with van der Waals surface area (Å²) in [5, 5.41) is 9.39. The molecule has 0 unspecified atom stereocenters. The number of methoxy groups -OCH3 is 1. The van der Waals surface area contributed by atoms with Gasteiger partial charge in [0.1, 0.15) is 5.75 Å². The Morgan fingerprint density at radius 2 is 2.19 bits per heavy atom. The Labute approximate surface area is 127 Å². The van der Waals surface area contributed by atoms with Crippen molar-refractivity contribution in [3.8, 4) is 5.75 Å². The number of aromatic nitrogens is 2. The minimum atomic E-state index is -3.82. The number of hydrogen-bond donors (Lipinski definition) is 3. The molecule has 9 heteroatoms. The highest BCUT2D eigenvalue weighted by Gasteiger charge is 2.21. The zero-order valence-electron chi connectivity index (χ0n) is 11.5. The summed E-state index contributed by atoms with van der Waals surface area (Å²) in [6, 6.07) is 4.70. The molecule has 0 aliphatic rings. The predicted octanol–water partition coefficient (Wildman–Crippen LogP) is 1.59. The third-order valence-corrected chi connectivity index (χ3v) is 4.44. The number of nitrogens with one attached hydrogen (secondary N) is 3. The van der Waals surface area contributed by atoms with Crippen molar-refractivity contribution in [2.45, 2.75) is 11.6 Å². The molecule has 1 aromatic carbocycles. The van der Waals surface area contributed by atoms with E-state index in [1.165, 1.54) is 19.4 Å². The molecule has 0 aliphatic carbocycles. The van der Waals surface area contributed by atoms with Crippen molar-refractivity contribution in [1.82, 2.24) is 15.5 Å². The number of sulfonamides is 1. The Bertz CT molecular complexity index is 730. The lowest BCUT2D eigenvalue weighted by molar-refractivity contribution is 0.415. The summed E-state index contributed by atoms with van der Waals surface area (Å²) >= 11 is 6.00. The first-order chi connectivity index (χ1) is 9.97. The topological polar surface area (TPSA) is 96.1 Å². The van der Waals surface area contributed by atoms with E-state index < -0.39 is 10.0 Å². The summed E-state index contributed by atoms with van der Waals surface area (Å²) in [5.41, 5.74) is 0.769. The van der Waals surface area contributed by atoms with Crippen molar-refractivity contribution in [3.05, 3.63) is 35.0 Å². The number of aromatic amines is 1. The monoisotopic (exact) mass is 330 g/mol. The lowest BCUT2D eigenvalue weighted by atomic mass is 10.3. The van der Waals surface area contributed by atoms with Crippen LogP contribution in [0.2, 0.25) is 5.02 Å². The molecule has 0 aliphatic heterocycles. The summed E-state index contributed by atoms with van der Waals surface area (Å²) in [5.74, 6) is 0.497. The summed E-state index contributed by atoms with van der Waals surface area (Å²) in [7, 11) is -0.613. The average molecular weight is 331 g/mol. The molecule has 0 amide bonds. The van der Waals surface area contributed by atoms with Gasteiger partial charge in [0.05, 0.1) is 24.0 Å². The number of halogens is 1. The molecule has 2 rings (SSSR count). The number of anilines is 1. The Kier molecular flexibility index (Phi) is 4.71. The van der Waals surface area contributed by atoms with Gasteiger partial charge in [-0.25, -0.2) is 0 Å². The summed E-state index contributed by atoms with van der Waals surface area (Å²) in [4.78, 5) is 0. The zero-order chi connectivity index (χ0) is 15.5. The van der Waals surface area contributed by atoms with E-state index in [1.807, 2.05) is 0 Å². The maximum atomic E-state index is 12.4. The van der Waals surface area contributed by atoms with Crippen molar-refractivity contribution in [2.75, 3.05) is 18.9 Å². The number of rotatable bonds is 6. The minimum absolute atomic E-state index is 0.00395. The van der Waals surface area contributed by atoms with Gasteiger partial charge in [-0.05, 0) is 19.2 Å². The van der Waals surface area contributed by atoms with Crippen LogP contribution in [-0.2, 0) is 16.6 Å².